The highest BCUT2D eigenvalue weighted by atomic mass is 19.1. The first-order chi connectivity index (χ1) is 9.67. The summed E-state index contributed by atoms with van der Waals surface area (Å²) in [7, 11) is 1.62. The number of nitrogens with zero attached hydrogens (tertiary/aromatic N) is 1. The summed E-state index contributed by atoms with van der Waals surface area (Å²) in [4.78, 5) is 3.72. The third-order valence-electron chi connectivity index (χ3n) is 2.68. The second kappa shape index (κ2) is 6.75. The van der Waals surface area contributed by atoms with E-state index in [0.29, 0.717) is 12.4 Å². The summed E-state index contributed by atoms with van der Waals surface area (Å²) in [5.74, 6) is 1.54. The second-order valence-corrected chi connectivity index (χ2v) is 4.33. The predicted molar refractivity (Wildman–Crippen MR) is 75.8 cm³/mol. The van der Waals surface area contributed by atoms with Crippen molar-refractivity contribution in [1.29, 1.82) is 0 Å². The number of anilines is 1. The average Bonchev–Trinajstić information content (AvgIpc) is 2.46. The van der Waals surface area contributed by atoms with Crippen molar-refractivity contribution >= 4 is 5.82 Å². The van der Waals surface area contributed by atoms with Crippen LogP contribution in [0.4, 0.5) is 10.2 Å². The van der Waals surface area contributed by atoms with Gasteiger partial charge in [0.1, 0.15) is 23.4 Å². The van der Waals surface area contributed by atoms with Gasteiger partial charge in [-0.1, -0.05) is 6.07 Å². The van der Waals surface area contributed by atoms with Crippen LogP contribution in [0.15, 0.2) is 42.5 Å². The smallest absolute Gasteiger partial charge is 0.214 e. The van der Waals surface area contributed by atoms with E-state index in [0.717, 1.165) is 11.5 Å². The van der Waals surface area contributed by atoms with Crippen molar-refractivity contribution < 1.29 is 13.9 Å². The van der Waals surface area contributed by atoms with E-state index in [1.165, 1.54) is 6.07 Å². The third kappa shape index (κ3) is 4.12. The Morgan fingerprint density at radius 2 is 1.85 bits per heavy atom. The predicted octanol–water partition coefficient (Wildman–Crippen LogP) is 3.11. The fourth-order valence-corrected chi connectivity index (χ4v) is 1.68. The van der Waals surface area contributed by atoms with Crippen molar-refractivity contribution in [3.8, 4) is 11.5 Å². The molecular formula is C15H17FN2O2. The normalized spacial score (nSPS) is 11.8. The van der Waals surface area contributed by atoms with Crippen LogP contribution < -0.4 is 14.8 Å². The molecule has 5 heteroatoms. The molecule has 1 unspecified atom stereocenters. The molecule has 0 saturated carbocycles. The monoisotopic (exact) mass is 276 g/mol. The molecule has 0 aliphatic carbocycles. The number of hydrogen-bond acceptors (Lipinski definition) is 4. The van der Waals surface area contributed by atoms with Gasteiger partial charge < -0.3 is 14.8 Å². The van der Waals surface area contributed by atoms with Crippen molar-refractivity contribution in [3.05, 3.63) is 48.4 Å². The number of hydrogen-bond donors (Lipinski definition) is 1. The van der Waals surface area contributed by atoms with Crippen LogP contribution in [0.25, 0.3) is 0 Å². The Balaban J connectivity index is 1.84. The minimum Gasteiger partial charge on any atom is -0.497 e. The third-order valence-corrected chi connectivity index (χ3v) is 2.68. The second-order valence-electron chi connectivity index (χ2n) is 4.33. The molecule has 20 heavy (non-hydrogen) atoms. The fourth-order valence-electron chi connectivity index (χ4n) is 1.68. The molecular weight excluding hydrogens is 259 g/mol. The van der Waals surface area contributed by atoms with Gasteiger partial charge in [-0.2, -0.15) is 4.39 Å². The highest BCUT2D eigenvalue weighted by Gasteiger charge is 2.05. The highest BCUT2D eigenvalue weighted by Crippen LogP contribution is 2.18. The Hall–Kier alpha value is -2.30. The van der Waals surface area contributed by atoms with Gasteiger partial charge in [0, 0.05) is 0 Å². The topological polar surface area (TPSA) is 43.4 Å². The Morgan fingerprint density at radius 3 is 2.50 bits per heavy atom. The van der Waals surface area contributed by atoms with Crippen LogP contribution in [-0.4, -0.2) is 24.7 Å². The molecule has 1 aromatic heterocycles. The Labute approximate surface area is 117 Å². The van der Waals surface area contributed by atoms with Gasteiger partial charge in [-0.15, -0.1) is 0 Å². The minimum absolute atomic E-state index is 0.0755. The lowest BCUT2D eigenvalue weighted by Gasteiger charge is -2.16. The fraction of sp³-hybridized carbons (Fsp3) is 0.267. The lowest BCUT2D eigenvalue weighted by Crippen LogP contribution is -2.23. The molecule has 0 aliphatic rings. The molecule has 0 amide bonds. The van der Waals surface area contributed by atoms with Crippen LogP contribution >= 0.6 is 0 Å². The van der Waals surface area contributed by atoms with Gasteiger partial charge in [0.25, 0.3) is 0 Å². The van der Waals surface area contributed by atoms with E-state index in [9.17, 15) is 4.39 Å². The maximum absolute atomic E-state index is 12.9. The van der Waals surface area contributed by atoms with Gasteiger partial charge in [-0.25, -0.2) is 4.98 Å². The van der Waals surface area contributed by atoms with Crippen LogP contribution in [0.3, 0.4) is 0 Å². The number of ether oxygens (including phenoxy) is 2. The van der Waals surface area contributed by atoms with E-state index in [1.54, 1.807) is 19.2 Å². The minimum atomic E-state index is -0.501. The van der Waals surface area contributed by atoms with Crippen LogP contribution in [-0.2, 0) is 0 Å². The first kappa shape index (κ1) is 14.1. The summed E-state index contributed by atoms with van der Waals surface area (Å²) >= 11 is 0. The number of nitrogens with one attached hydrogen (secondary N) is 1. The Kier molecular flexibility index (Phi) is 4.76. The van der Waals surface area contributed by atoms with Crippen molar-refractivity contribution in [1.82, 2.24) is 4.98 Å². The highest BCUT2D eigenvalue weighted by molar-refractivity contribution is 5.34. The molecule has 106 valence electrons. The summed E-state index contributed by atoms with van der Waals surface area (Å²) in [6.45, 7) is 2.46. The van der Waals surface area contributed by atoms with Crippen molar-refractivity contribution in [2.45, 2.75) is 13.0 Å². The Morgan fingerprint density at radius 1 is 1.15 bits per heavy atom. The molecule has 0 spiro atoms. The molecule has 0 aliphatic heterocycles. The van der Waals surface area contributed by atoms with Gasteiger partial charge in [-0.3, -0.25) is 0 Å². The van der Waals surface area contributed by atoms with Crippen molar-refractivity contribution in [2.24, 2.45) is 0 Å². The lowest BCUT2D eigenvalue weighted by molar-refractivity contribution is 0.234. The van der Waals surface area contributed by atoms with Crippen LogP contribution in [0.2, 0.25) is 0 Å². The zero-order valence-electron chi connectivity index (χ0n) is 11.5. The first-order valence-electron chi connectivity index (χ1n) is 6.34. The molecule has 1 atom stereocenters. The molecule has 4 nitrogen and oxygen atoms in total. The standard InChI is InChI=1S/C15H17FN2O2/c1-11(10-17-15-5-3-4-14(16)18-15)20-13-8-6-12(19-2)7-9-13/h3-9,11H,10H2,1-2H3,(H,17,18). The van der Waals surface area contributed by atoms with E-state index in [1.807, 2.05) is 31.2 Å². The van der Waals surface area contributed by atoms with Crippen LogP contribution in [0, 0.1) is 5.95 Å². The zero-order valence-corrected chi connectivity index (χ0v) is 11.5. The van der Waals surface area contributed by atoms with E-state index in [2.05, 4.69) is 10.3 Å². The largest absolute Gasteiger partial charge is 0.497 e. The lowest BCUT2D eigenvalue weighted by atomic mass is 10.3. The SMILES string of the molecule is COc1ccc(OC(C)CNc2cccc(F)n2)cc1. The maximum atomic E-state index is 12.9. The van der Waals surface area contributed by atoms with Gasteiger partial charge in [0.05, 0.1) is 13.7 Å². The van der Waals surface area contributed by atoms with Gasteiger partial charge >= 0.3 is 0 Å². The number of methoxy groups -OCH3 is 1. The van der Waals surface area contributed by atoms with Crippen molar-refractivity contribution in [3.63, 3.8) is 0 Å². The molecule has 1 N–H and O–H groups in total. The number of pyridine rings is 1. The number of benzene rings is 1. The molecule has 2 aromatic rings. The molecule has 0 fully saturated rings. The molecule has 0 bridgehead atoms. The van der Waals surface area contributed by atoms with E-state index in [4.69, 9.17) is 9.47 Å². The van der Waals surface area contributed by atoms with Crippen molar-refractivity contribution in [2.75, 3.05) is 19.0 Å². The molecule has 1 heterocycles. The summed E-state index contributed by atoms with van der Waals surface area (Å²) in [5, 5.41) is 3.03. The van der Waals surface area contributed by atoms with Crippen LogP contribution in [0.5, 0.6) is 11.5 Å². The zero-order chi connectivity index (χ0) is 14.4. The van der Waals surface area contributed by atoms with Gasteiger partial charge in [0.2, 0.25) is 5.95 Å². The Bertz CT molecular complexity index is 546. The average molecular weight is 276 g/mol. The number of aromatic nitrogens is 1. The molecule has 0 saturated heterocycles. The summed E-state index contributed by atoms with van der Waals surface area (Å²) < 4.78 is 23.7. The molecule has 1 aromatic carbocycles. The summed E-state index contributed by atoms with van der Waals surface area (Å²) in [6.07, 6.45) is -0.0755. The summed E-state index contributed by atoms with van der Waals surface area (Å²) in [6, 6.07) is 12.0. The molecule has 0 radical (unpaired) electrons. The maximum Gasteiger partial charge on any atom is 0.214 e. The number of halogens is 1. The van der Waals surface area contributed by atoms with Gasteiger partial charge in [-0.05, 0) is 43.3 Å². The number of rotatable bonds is 6. The quantitative estimate of drug-likeness (QED) is 0.823. The molecule has 2 rings (SSSR count). The van der Waals surface area contributed by atoms with Crippen LogP contribution in [0.1, 0.15) is 6.92 Å². The van der Waals surface area contributed by atoms with E-state index < -0.39 is 5.95 Å². The first-order valence-corrected chi connectivity index (χ1v) is 6.34. The summed E-state index contributed by atoms with van der Waals surface area (Å²) in [5.41, 5.74) is 0. The van der Waals surface area contributed by atoms with E-state index in [-0.39, 0.29) is 6.10 Å². The van der Waals surface area contributed by atoms with E-state index >= 15 is 0 Å². The van der Waals surface area contributed by atoms with Gasteiger partial charge in [0.15, 0.2) is 0 Å².